The molecule has 0 radical (unpaired) electrons. The Balaban J connectivity index is 2.08. The maximum absolute atomic E-state index is 13.9. The van der Waals surface area contributed by atoms with E-state index in [2.05, 4.69) is 4.98 Å². The zero-order valence-electron chi connectivity index (χ0n) is 14.8. The molecule has 2 N–H and O–H groups in total. The Labute approximate surface area is 143 Å². The Hall–Kier alpha value is -1.69. The minimum Gasteiger partial charge on any atom is -0.444 e. The van der Waals surface area contributed by atoms with E-state index in [1.807, 2.05) is 20.8 Å². The minimum atomic E-state index is -0.520. The van der Waals surface area contributed by atoms with Crippen molar-refractivity contribution < 1.29 is 13.9 Å². The van der Waals surface area contributed by atoms with Crippen LogP contribution in [0.4, 0.5) is 9.18 Å². The summed E-state index contributed by atoms with van der Waals surface area (Å²) in [5.41, 5.74) is 5.66. The second kappa shape index (κ2) is 7.92. The molecule has 0 spiro atoms. The number of likely N-dealkylation sites (tertiary alicyclic amines) is 1. The van der Waals surface area contributed by atoms with Crippen molar-refractivity contribution in [3.05, 3.63) is 29.8 Å². The zero-order chi connectivity index (χ0) is 17.7. The molecule has 24 heavy (non-hydrogen) atoms. The Morgan fingerprint density at radius 1 is 1.46 bits per heavy atom. The summed E-state index contributed by atoms with van der Waals surface area (Å²) in [7, 11) is 0. The number of nitrogens with two attached hydrogens (primary N) is 1. The Bertz CT molecular complexity index is 559. The van der Waals surface area contributed by atoms with Crippen LogP contribution in [0.2, 0.25) is 0 Å². The number of rotatable bonds is 4. The summed E-state index contributed by atoms with van der Waals surface area (Å²) in [4.78, 5) is 18.2. The quantitative estimate of drug-likeness (QED) is 0.917. The third kappa shape index (κ3) is 5.16. The topological polar surface area (TPSA) is 68.5 Å². The lowest BCUT2D eigenvalue weighted by Gasteiger charge is -2.39. The zero-order valence-corrected chi connectivity index (χ0v) is 14.8. The van der Waals surface area contributed by atoms with Crippen LogP contribution in [0, 0.1) is 17.7 Å². The molecule has 2 rings (SSSR count). The molecular formula is C18H28FN3O2. The highest BCUT2D eigenvalue weighted by Crippen LogP contribution is 2.30. The predicted octanol–water partition coefficient (Wildman–Crippen LogP) is 2.99. The summed E-state index contributed by atoms with van der Waals surface area (Å²) in [6.07, 6.45) is 3.54. The van der Waals surface area contributed by atoms with Gasteiger partial charge in [0.05, 0.1) is 5.69 Å². The van der Waals surface area contributed by atoms with Crippen LogP contribution in [-0.2, 0) is 11.2 Å². The fourth-order valence-corrected chi connectivity index (χ4v) is 3.22. The number of carbonyl (C=O) groups excluding carboxylic acids is 1. The molecule has 2 heterocycles. The van der Waals surface area contributed by atoms with Crippen molar-refractivity contribution >= 4 is 6.09 Å². The third-order valence-corrected chi connectivity index (χ3v) is 4.37. The predicted molar refractivity (Wildman–Crippen MR) is 91.0 cm³/mol. The number of amides is 1. The molecule has 1 saturated heterocycles. The molecule has 1 aliphatic rings. The van der Waals surface area contributed by atoms with Crippen molar-refractivity contribution in [3.8, 4) is 0 Å². The number of piperidine rings is 1. The average molecular weight is 337 g/mol. The van der Waals surface area contributed by atoms with E-state index in [1.165, 1.54) is 6.07 Å². The highest BCUT2D eigenvalue weighted by Gasteiger charge is 2.33. The van der Waals surface area contributed by atoms with Crippen molar-refractivity contribution in [1.82, 2.24) is 9.88 Å². The summed E-state index contributed by atoms with van der Waals surface area (Å²) >= 11 is 0. The summed E-state index contributed by atoms with van der Waals surface area (Å²) in [6.45, 7) is 7.36. The van der Waals surface area contributed by atoms with Gasteiger partial charge in [-0.2, -0.15) is 0 Å². The molecule has 1 fully saturated rings. The van der Waals surface area contributed by atoms with Crippen LogP contribution in [0.3, 0.4) is 0 Å². The molecule has 6 heteroatoms. The lowest BCUT2D eigenvalue weighted by molar-refractivity contribution is 0.00960. The van der Waals surface area contributed by atoms with E-state index in [4.69, 9.17) is 10.5 Å². The van der Waals surface area contributed by atoms with Crippen LogP contribution in [0.1, 0.15) is 39.3 Å². The van der Waals surface area contributed by atoms with Gasteiger partial charge in [-0.3, -0.25) is 4.98 Å². The largest absolute Gasteiger partial charge is 0.444 e. The van der Waals surface area contributed by atoms with E-state index in [0.717, 1.165) is 12.8 Å². The van der Waals surface area contributed by atoms with Gasteiger partial charge in [0, 0.05) is 19.3 Å². The first-order chi connectivity index (χ1) is 11.3. The molecule has 0 aromatic carbocycles. The van der Waals surface area contributed by atoms with E-state index in [-0.39, 0.29) is 17.8 Å². The molecule has 0 saturated carbocycles. The van der Waals surface area contributed by atoms with Crippen LogP contribution >= 0.6 is 0 Å². The fourth-order valence-electron chi connectivity index (χ4n) is 3.22. The maximum atomic E-state index is 13.9. The van der Waals surface area contributed by atoms with Crippen LogP contribution in [0.15, 0.2) is 18.3 Å². The minimum absolute atomic E-state index is 0.138. The highest BCUT2D eigenvalue weighted by molar-refractivity contribution is 5.68. The van der Waals surface area contributed by atoms with Crippen molar-refractivity contribution in [3.63, 3.8) is 0 Å². The van der Waals surface area contributed by atoms with Crippen LogP contribution in [-0.4, -0.2) is 41.2 Å². The summed E-state index contributed by atoms with van der Waals surface area (Å²) in [5.74, 6) is 0.215. The molecule has 0 bridgehead atoms. The lowest BCUT2D eigenvalue weighted by Crippen LogP contribution is -2.46. The number of halogens is 1. The Morgan fingerprint density at radius 2 is 2.21 bits per heavy atom. The van der Waals surface area contributed by atoms with Crippen LogP contribution < -0.4 is 5.73 Å². The van der Waals surface area contributed by atoms with Gasteiger partial charge in [-0.1, -0.05) is 0 Å². The molecule has 1 amide bonds. The normalized spacial score (nSPS) is 21.6. The van der Waals surface area contributed by atoms with Gasteiger partial charge in [0.1, 0.15) is 11.4 Å². The van der Waals surface area contributed by atoms with Gasteiger partial charge in [0.15, 0.2) is 0 Å². The number of carbonyl (C=O) groups is 1. The number of hydrogen-bond acceptors (Lipinski definition) is 4. The summed E-state index contributed by atoms with van der Waals surface area (Å²) in [5, 5.41) is 0. The van der Waals surface area contributed by atoms with Crippen LogP contribution in [0.25, 0.3) is 0 Å². The second-order valence-corrected chi connectivity index (χ2v) is 7.45. The molecule has 2 unspecified atom stereocenters. The van der Waals surface area contributed by atoms with Gasteiger partial charge < -0.3 is 15.4 Å². The Kier molecular flexibility index (Phi) is 6.15. The summed E-state index contributed by atoms with van der Waals surface area (Å²) < 4.78 is 19.4. The van der Waals surface area contributed by atoms with Crippen molar-refractivity contribution in [2.45, 2.75) is 45.6 Å². The maximum Gasteiger partial charge on any atom is 0.410 e. The number of pyridine rings is 1. The summed E-state index contributed by atoms with van der Waals surface area (Å²) in [6, 6.07) is 3.01. The van der Waals surface area contributed by atoms with E-state index in [1.54, 1.807) is 17.2 Å². The van der Waals surface area contributed by atoms with Crippen LogP contribution in [0.5, 0.6) is 0 Å². The number of nitrogens with zero attached hydrogens (tertiary/aromatic N) is 2. The molecule has 1 aromatic heterocycles. The second-order valence-electron chi connectivity index (χ2n) is 7.45. The van der Waals surface area contributed by atoms with E-state index in [9.17, 15) is 9.18 Å². The van der Waals surface area contributed by atoms with Crippen molar-refractivity contribution in [1.29, 1.82) is 0 Å². The third-order valence-electron chi connectivity index (χ3n) is 4.37. The standard InChI is InChI=1S/C18H28FN3O2/c1-18(2,3)24-17(23)22-10-7-13(6-8-20)14(12-22)11-16-15(19)5-4-9-21-16/h4-5,9,13-14H,6-8,10-12,20H2,1-3H3. The molecule has 1 aliphatic heterocycles. The fraction of sp³-hybridized carbons (Fsp3) is 0.667. The smallest absolute Gasteiger partial charge is 0.410 e. The molecule has 2 atom stereocenters. The number of ether oxygens (including phenoxy) is 1. The molecule has 134 valence electrons. The molecule has 0 aliphatic carbocycles. The van der Waals surface area contributed by atoms with Gasteiger partial charge in [-0.15, -0.1) is 0 Å². The van der Waals surface area contributed by atoms with E-state index in [0.29, 0.717) is 37.7 Å². The van der Waals surface area contributed by atoms with E-state index >= 15 is 0 Å². The van der Waals surface area contributed by atoms with Crippen molar-refractivity contribution in [2.24, 2.45) is 17.6 Å². The number of aromatic nitrogens is 1. The SMILES string of the molecule is CC(C)(C)OC(=O)N1CCC(CCN)C(Cc2ncccc2F)C1. The lowest BCUT2D eigenvalue weighted by atomic mass is 9.80. The van der Waals surface area contributed by atoms with Gasteiger partial charge in [0.2, 0.25) is 0 Å². The van der Waals surface area contributed by atoms with Gasteiger partial charge >= 0.3 is 6.09 Å². The molecular weight excluding hydrogens is 309 g/mol. The van der Waals surface area contributed by atoms with Gasteiger partial charge in [-0.25, -0.2) is 9.18 Å². The molecule has 1 aromatic rings. The highest BCUT2D eigenvalue weighted by atomic mass is 19.1. The van der Waals surface area contributed by atoms with Gasteiger partial charge in [0.25, 0.3) is 0 Å². The van der Waals surface area contributed by atoms with E-state index < -0.39 is 5.60 Å². The number of hydrogen-bond donors (Lipinski definition) is 1. The molecule has 5 nitrogen and oxygen atoms in total. The Morgan fingerprint density at radius 3 is 2.83 bits per heavy atom. The monoisotopic (exact) mass is 337 g/mol. The average Bonchev–Trinajstić information content (AvgIpc) is 2.49. The first kappa shape index (κ1) is 18.6. The first-order valence-electron chi connectivity index (χ1n) is 8.57. The van der Waals surface area contributed by atoms with Gasteiger partial charge in [-0.05, 0) is 70.5 Å². The first-order valence-corrected chi connectivity index (χ1v) is 8.57. The van der Waals surface area contributed by atoms with Crippen molar-refractivity contribution in [2.75, 3.05) is 19.6 Å².